The first-order valence-electron chi connectivity index (χ1n) is 11.2. The van der Waals surface area contributed by atoms with Gasteiger partial charge in [-0.05, 0) is 62.2 Å². The number of hydrogen-bond donors (Lipinski definition) is 2. The minimum absolute atomic E-state index is 0.00889. The molecule has 1 heterocycles. The summed E-state index contributed by atoms with van der Waals surface area (Å²) in [5.41, 5.74) is 2.50. The molecule has 8 nitrogen and oxygen atoms in total. The zero-order valence-electron chi connectivity index (χ0n) is 19.7. The number of imide groups is 1. The number of benzene rings is 2. The van der Waals surface area contributed by atoms with Gasteiger partial charge in [0.05, 0.1) is 18.4 Å². The van der Waals surface area contributed by atoms with Gasteiger partial charge in [0.2, 0.25) is 5.91 Å². The lowest BCUT2D eigenvalue weighted by Gasteiger charge is -2.41. The van der Waals surface area contributed by atoms with E-state index in [2.05, 4.69) is 5.32 Å². The van der Waals surface area contributed by atoms with E-state index in [-0.39, 0.29) is 25.6 Å². The number of amides is 3. The Kier molecular flexibility index (Phi) is 8.04. The molecule has 1 unspecified atom stereocenters. The Morgan fingerprint density at radius 2 is 1.85 bits per heavy atom. The van der Waals surface area contributed by atoms with E-state index in [0.29, 0.717) is 5.02 Å². The summed E-state index contributed by atoms with van der Waals surface area (Å²) in [6.07, 6.45) is -0.557. The van der Waals surface area contributed by atoms with Gasteiger partial charge in [-0.3, -0.25) is 19.4 Å². The molecule has 1 aliphatic heterocycles. The average Bonchev–Trinajstić information content (AvgIpc) is 2.76. The molecule has 2 atom stereocenters. The van der Waals surface area contributed by atoms with Crippen molar-refractivity contribution in [1.82, 2.24) is 9.80 Å². The van der Waals surface area contributed by atoms with E-state index in [1.165, 1.54) is 6.92 Å². The third-order valence-electron chi connectivity index (χ3n) is 5.54. The number of halogens is 1. The predicted molar refractivity (Wildman–Crippen MR) is 130 cm³/mol. The van der Waals surface area contributed by atoms with Crippen molar-refractivity contribution < 1.29 is 24.2 Å². The summed E-state index contributed by atoms with van der Waals surface area (Å²) in [4.78, 5) is 40.1. The highest BCUT2D eigenvalue weighted by Crippen LogP contribution is 2.27. The summed E-state index contributed by atoms with van der Waals surface area (Å²) in [5, 5.41) is 13.1. The smallest absolute Gasteiger partial charge is 0.328 e. The molecule has 0 spiro atoms. The summed E-state index contributed by atoms with van der Waals surface area (Å²) < 4.78 is 5.79. The van der Waals surface area contributed by atoms with Crippen molar-refractivity contribution >= 4 is 35.2 Å². The van der Waals surface area contributed by atoms with Crippen LogP contribution in [0.25, 0.3) is 0 Å². The second-order valence-electron chi connectivity index (χ2n) is 8.79. The molecular formula is C25H30ClN3O5. The molecule has 1 fully saturated rings. The van der Waals surface area contributed by atoms with Crippen LogP contribution in [-0.4, -0.2) is 51.6 Å². The molecule has 3 rings (SSSR count). The lowest BCUT2D eigenvalue weighted by molar-refractivity contribution is -0.142. The van der Waals surface area contributed by atoms with Crippen molar-refractivity contribution in [2.75, 3.05) is 11.9 Å². The van der Waals surface area contributed by atoms with Gasteiger partial charge < -0.3 is 15.2 Å². The van der Waals surface area contributed by atoms with Crippen LogP contribution in [0.4, 0.5) is 10.5 Å². The summed E-state index contributed by atoms with van der Waals surface area (Å²) in [5.74, 6) is -1.59. The molecule has 0 aromatic heterocycles. The van der Waals surface area contributed by atoms with Gasteiger partial charge >= 0.3 is 12.0 Å². The first-order valence-corrected chi connectivity index (χ1v) is 11.5. The Labute approximate surface area is 204 Å². The maximum atomic E-state index is 13.4. The van der Waals surface area contributed by atoms with Gasteiger partial charge in [-0.15, -0.1) is 0 Å². The Hall–Kier alpha value is -3.26. The fourth-order valence-corrected chi connectivity index (χ4v) is 3.85. The van der Waals surface area contributed by atoms with Gasteiger partial charge in [0.15, 0.2) is 0 Å². The van der Waals surface area contributed by atoms with Crippen LogP contribution in [0.15, 0.2) is 42.5 Å². The number of aryl methyl sites for hydroxylation is 1. The maximum Gasteiger partial charge on any atom is 0.328 e. The third kappa shape index (κ3) is 6.20. The fraction of sp³-hybridized carbons (Fsp3) is 0.400. The summed E-state index contributed by atoms with van der Waals surface area (Å²) in [6.45, 7) is 7.36. The maximum absolute atomic E-state index is 13.4. The lowest BCUT2D eigenvalue weighted by atomic mass is 10.1. The highest BCUT2D eigenvalue weighted by molar-refractivity contribution is 6.30. The number of carbonyl (C=O) groups is 3. The number of aliphatic carboxylic acids is 1. The zero-order chi connectivity index (χ0) is 25.0. The normalized spacial score (nSPS) is 17.2. The third-order valence-corrected chi connectivity index (χ3v) is 5.79. The van der Waals surface area contributed by atoms with Crippen LogP contribution in [0.3, 0.4) is 0 Å². The first kappa shape index (κ1) is 25.4. The summed E-state index contributed by atoms with van der Waals surface area (Å²) in [6, 6.07) is 12.2. The zero-order valence-corrected chi connectivity index (χ0v) is 20.5. The van der Waals surface area contributed by atoms with Gasteiger partial charge in [-0.25, -0.2) is 4.79 Å². The van der Waals surface area contributed by atoms with Crippen LogP contribution < -0.4 is 10.1 Å². The molecule has 9 heteroatoms. The van der Waals surface area contributed by atoms with Gasteiger partial charge in [0, 0.05) is 23.8 Å². The molecular weight excluding hydrogens is 458 g/mol. The Morgan fingerprint density at radius 1 is 1.18 bits per heavy atom. The van der Waals surface area contributed by atoms with Crippen LogP contribution in [0, 0.1) is 12.8 Å². The quantitative estimate of drug-likeness (QED) is 0.529. The summed E-state index contributed by atoms with van der Waals surface area (Å²) in [7, 11) is 0. The van der Waals surface area contributed by atoms with Crippen molar-refractivity contribution in [3.05, 3.63) is 58.6 Å². The van der Waals surface area contributed by atoms with Gasteiger partial charge in [0.25, 0.3) is 0 Å². The molecule has 0 saturated carbocycles. The van der Waals surface area contributed by atoms with Crippen molar-refractivity contribution in [2.45, 2.75) is 52.9 Å². The van der Waals surface area contributed by atoms with Crippen molar-refractivity contribution in [1.29, 1.82) is 0 Å². The molecule has 0 aliphatic carbocycles. The van der Waals surface area contributed by atoms with Crippen LogP contribution in [0.2, 0.25) is 5.02 Å². The summed E-state index contributed by atoms with van der Waals surface area (Å²) >= 11 is 6.00. The van der Waals surface area contributed by atoms with E-state index in [0.717, 1.165) is 27.5 Å². The Balaban J connectivity index is 1.86. The number of carbonyl (C=O) groups excluding carboxylic acids is 2. The van der Waals surface area contributed by atoms with Crippen molar-refractivity contribution in [3.63, 3.8) is 0 Å². The second kappa shape index (κ2) is 10.8. The van der Waals surface area contributed by atoms with E-state index in [4.69, 9.17) is 16.3 Å². The second-order valence-corrected chi connectivity index (χ2v) is 9.23. The van der Waals surface area contributed by atoms with Gasteiger partial charge in [-0.1, -0.05) is 30.7 Å². The number of hydrogen-bond acceptors (Lipinski definition) is 5. The van der Waals surface area contributed by atoms with Gasteiger partial charge in [-0.2, -0.15) is 0 Å². The highest BCUT2D eigenvalue weighted by atomic mass is 35.5. The Bertz CT molecular complexity index is 1060. The largest absolute Gasteiger partial charge is 0.491 e. The average molecular weight is 488 g/mol. The number of carboxylic acids is 1. The molecule has 0 radical (unpaired) electrons. The topological polar surface area (TPSA) is 99.2 Å². The van der Waals surface area contributed by atoms with Crippen molar-refractivity contribution in [3.8, 4) is 5.75 Å². The molecule has 1 saturated heterocycles. The van der Waals surface area contributed by atoms with Crippen LogP contribution >= 0.6 is 11.6 Å². The minimum Gasteiger partial charge on any atom is -0.491 e. The molecule has 2 N–H and O–H groups in total. The number of ether oxygens (including phenoxy) is 1. The van der Waals surface area contributed by atoms with Gasteiger partial charge in [0.1, 0.15) is 11.9 Å². The van der Waals surface area contributed by atoms with E-state index >= 15 is 0 Å². The highest BCUT2D eigenvalue weighted by Gasteiger charge is 2.40. The number of rotatable bonds is 9. The van der Waals surface area contributed by atoms with E-state index in [1.54, 1.807) is 17.0 Å². The minimum atomic E-state index is -1.07. The molecule has 182 valence electrons. The lowest BCUT2D eigenvalue weighted by Crippen LogP contribution is -2.59. The monoisotopic (exact) mass is 487 g/mol. The van der Waals surface area contributed by atoms with E-state index in [1.807, 2.05) is 51.1 Å². The van der Waals surface area contributed by atoms with Crippen LogP contribution in [0.5, 0.6) is 5.75 Å². The van der Waals surface area contributed by atoms with E-state index in [9.17, 15) is 19.5 Å². The fourth-order valence-electron chi connectivity index (χ4n) is 3.72. The number of nitrogens with zero attached hydrogens (tertiary/aromatic N) is 2. The Morgan fingerprint density at radius 3 is 2.44 bits per heavy atom. The predicted octanol–water partition coefficient (Wildman–Crippen LogP) is 4.75. The van der Waals surface area contributed by atoms with E-state index < -0.39 is 30.0 Å². The standard InChI is InChI=1S/C25H30ClN3O5/c1-15(2)34-21-10-9-20(11-16(21)3)27-22-12-23(30)29(13-17(4)24(31)32)25(33)28(22)14-18-5-7-19(26)8-6-18/h5-11,15,17,22,27H,12-14H2,1-4H3,(H,31,32)/t17-,22?/m0/s1. The SMILES string of the molecule is Cc1cc(NC2CC(=O)N(C[C@H](C)C(=O)O)C(=O)N2Cc2ccc(Cl)cc2)ccc1OC(C)C. The number of urea groups is 1. The van der Waals surface area contributed by atoms with Crippen LogP contribution in [0.1, 0.15) is 38.3 Å². The van der Waals surface area contributed by atoms with Crippen LogP contribution in [-0.2, 0) is 16.1 Å². The number of anilines is 1. The number of carboxylic acid groups (broad SMARTS) is 1. The molecule has 0 bridgehead atoms. The first-order chi connectivity index (χ1) is 16.0. The van der Waals surface area contributed by atoms with Crippen molar-refractivity contribution in [2.24, 2.45) is 5.92 Å². The molecule has 2 aromatic rings. The molecule has 1 aliphatic rings. The number of nitrogens with one attached hydrogen (secondary N) is 1. The molecule has 3 amide bonds. The molecule has 2 aromatic carbocycles. The molecule has 34 heavy (non-hydrogen) atoms.